The van der Waals surface area contributed by atoms with E-state index in [1.54, 1.807) is 6.07 Å². The number of hydrogen-bond donors (Lipinski definition) is 2. The van der Waals surface area contributed by atoms with Gasteiger partial charge in [0.1, 0.15) is 0 Å². The number of carbonyl (C=O) groups is 1. The zero-order chi connectivity index (χ0) is 13.9. The molecule has 100 valence electrons. The Kier molecular flexibility index (Phi) is 3.35. The second kappa shape index (κ2) is 5.30. The molecule has 3 aromatic rings. The molecule has 0 atom stereocenters. The van der Waals surface area contributed by atoms with Crippen LogP contribution in [0.25, 0.3) is 10.2 Å². The van der Waals surface area contributed by atoms with Gasteiger partial charge in [0, 0.05) is 5.56 Å². The average molecular weight is 283 g/mol. The minimum Gasteiger partial charge on any atom is -0.273 e. The van der Waals surface area contributed by atoms with Gasteiger partial charge in [-0.15, -0.1) is 0 Å². The van der Waals surface area contributed by atoms with E-state index in [2.05, 4.69) is 15.8 Å². The van der Waals surface area contributed by atoms with Crippen molar-refractivity contribution >= 4 is 32.6 Å². The Morgan fingerprint density at radius 3 is 2.65 bits per heavy atom. The van der Waals surface area contributed by atoms with Gasteiger partial charge in [-0.2, -0.15) is 0 Å². The lowest BCUT2D eigenvalue weighted by Crippen LogP contribution is -2.29. The van der Waals surface area contributed by atoms with Crippen LogP contribution in [0.4, 0.5) is 5.13 Å². The first-order valence-corrected chi connectivity index (χ1v) is 7.03. The van der Waals surface area contributed by atoms with Gasteiger partial charge < -0.3 is 0 Å². The van der Waals surface area contributed by atoms with Gasteiger partial charge >= 0.3 is 0 Å². The second-order valence-corrected chi connectivity index (χ2v) is 5.41. The van der Waals surface area contributed by atoms with Crippen molar-refractivity contribution in [3.05, 3.63) is 59.7 Å². The topological polar surface area (TPSA) is 54.0 Å². The molecule has 4 nitrogen and oxygen atoms in total. The highest BCUT2D eigenvalue weighted by molar-refractivity contribution is 7.22. The average Bonchev–Trinajstić information content (AvgIpc) is 2.88. The molecule has 0 saturated heterocycles. The third-order valence-corrected chi connectivity index (χ3v) is 3.92. The number of aromatic nitrogens is 1. The van der Waals surface area contributed by atoms with Crippen LogP contribution in [-0.4, -0.2) is 10.9 Å². The fraction of sp³-hybridized carbons (Fsp3) is 0.0667. The molecule has 0 unspecified atom stereocenters. The predicted molar refractivity (Wildman–Crippen MR) is 81.9 cm³/mol. The summed E-state index contributed by atoms with van der Waals surface area (Å²) >= 11 is 1.50. The zero-order valence-corrected chi connectivity index (χ0v) is 11.7. The summed E-state index contributed by atoms with van der Waals surface area (Å²) in [5, 5.41) is 0.674. The summed E-state index contributed by atoms with van der Waals surface area (Å²) in [7, 11) is 0. The highest BCUT2D eigenvalue weighted by atomic mass is 32.1. The molecule has 0 aliphatic carbocycles. The molecule has 0 bridgehead atoms. The Balaban J connectivity index is 1.73. The SMILES string of the molecule is Cc1ccccc1C(=O)NNc1nc2ccccc2s1. The van der Waals surface area contributed by atoms with Crippen LogP contribution in [0.1, 0.15) is 15.9 Å². The Labute approximate surface area is 120 Å². The van der Waals surface area contributed by atoms with Gasteiger partial charge in [0.15, 0.2) is 0 Å². The van der Waals surface area contributed by atoms with E-state index in [1.807, 2.05) is 49.4 Å². The van der Waals surface area contributed by atoms with Crippen molar-refractivity contribution in [2.45, 2.75) is 6.92 Å². The Hall–Kier alpha value is -2.40. The molecular formula is C15H13N3OS. The molecule has 0 fully saturated rings. The number of nitrogens with zero attached hydrogens (tertiary/aromatic N) is 1. The van der Waals surface area contributed by atoms with Crippen LogP contribution in [0, 0.1) is 6.92 Å². The number of aryl methyl sites for hydroxylation is 1. The second-order valence-electron chi connectivity index (χ2n) is 4.38. The normalized spacial score (nSPS) is 10.4. The van der Waals surface area contributed by atoms with Crippen molar-refractivity contribution in [1.82, 2.24) is 10.4 Å². The van der Waals surface area contributed by atoms with E-state index in [4.69, 9.17) is 0 Å². The smallest absolute Gasteiger partial charge is 0.269 e. The lowest BCUT2D eigenvalue weighted by Gasteiger charge is -2.07. The van der Waals surface area contributed by atoms with Crippen molar-refractivity contribution in [3.8, 4) is 0 Å². The molecule has 5 heteroatoms. The van der Waals surface area contributed by atoms with Gasteiger partial charge in [0.05, 0.1) is 10.2 Å². The lowest BCUT2D eigenvalue weighted by molar-refractivity contribution is 0.0962. The maximum atomic E-state index is 12.1. The fourth-order valence-corrected chi connectivity index (χ4v) is 2.75. The largest absolute Gasteiger partial charge is 0.273 e. The number of hydrogen-bond acceptors (Lipinski definition) is 4. The van der Waals surface area contributed by atoms with Crippen molar-refractivity contribution in [1.29, 1.82) is 0 Å². The van der Waals surface area contributed by atoms with E-state index in [0.29, 0.717) is 10.7 Å². The van der Waals surface area contributed by atoms with Crippen LogP contribution in [0.2, 0.25) is 0 Å². The molecule has 2 N–H and O–H groups in total. The molecule has 0 aliphatic heterocycles. The summed E-state index contributed by atoms with van der Waals surface area (Å²) in [6.45, 7) is 1.91. The first kappa shape index (κ1) is 12.6. The van der Waals surface area contributed by atoms with Crippen molar-refractivity contribution in [2.75, 3.05) is 5.43 Å². The molecule has 0 spiro atoms. The number of hydrazine groups is 1. The van der Waals surface area contributed by atoms with Crippen LogP contribution in [0.5, 0.6) is 0 Å². The van der Waals surface area contributed by atoms with Crippen LogP contribution in [0.15, 0.2) is 48.5 Å². The molecule has 0 saturated carbocycles. The summed E-state index contributed by atoms with van der Waals surface area (Å²) in [5.41, 5.74) is 8.06. The third-order valence-electron chi connectivity index (χ3n) is 2.97. The highest BCUT2D eigenvalue weighted by Crippen LogP contribution is 2.24. The molecule has 0 aliphatic rings. The molecule has 1 amide bonds. The number of fused-ring (bicyclic) bond motifs is 1. The van der Waals surface area contributed by atoms with Crippen molar-refractivity contribution < 1.29 is 4.79 Å². The summed E-state index contributed by atoms with van der Waals surface area (Å²) in [6.07, 6.45) is 0. The maximum absolute atomic E-state index is 12.1. The van der Waals surface area contributed by atoms with E-state index in [9.17, 15) is 4.79 Å². The van der Waals surface area contributed by atoms with E-state index < -0.39 is 0 Å². The number of anilines is 1. The minimum atomic E-state index is -0.164. The van der Waals surface area contributed by atoms with Gasteiger partial charge in [-0.25, -0.2) is 4.98 Å². The Morgan fingerprint density at radius 2 is 1.85 bits per heavy atom. The number of thiazole rings is 1. The predicted octanol–water partition coefficient (Wildman–Crippen LogP) is 3.36. The zero-order valence-electron chi connectivity index (χ0n) is 10.9. The van der Waals surface area contributed by atoms with Gasteiger partial charge in [-0.1, -0.05) is 41.7 Å². The molecule has 0 radical (unpaired) electrons. The lowest BCUT2D eigenvalue weighted by atomic mass is 10.1. The summed E-state index contributed by atoms with van der Waals surface area (Å²) < 4.78 is 1.08. The van der Waals surface area contributed by atoms with Crippen LogP contribution >= 0.6 is 11.3 Å². The van der Waals surface area contributed by atoms with Gasteiger partial charge in [0.2, 0.25) is 5.13 Å². The van der Waals surface area contributed by atoms with Crippen LogP contribution < -0.4 is 10.9 Å². The standard InChI is InChI=1S/C15H13N3OS/c1-10-6-2-3-7-11(10)14(19)17-18-15-16-12-8-4-5-9-13(12)20-15/h2-9H,1H3,(H,16,18)(H,17,19). The van der Waals surface area contributed by atoms with Crippen molar-refractivity contribution in [3.63, 3.8) is 0 Å². The van der Waals surface area contributed by atoms with E-state index in [-0.39, 0.29) is 5.91 Å². The minimum absolute atomic E-state index is 0.164. The van der Waals surface area contributed by atoms with E-state index in [0.717, 1.165) is 15.8 Å². The summed E-state index contributed by atoms with van der Waals surface area (Å²) in [5.74, 6) is -0.164. The first-order chi connectivity index (χ1) is 9.74. The van der Waals surface area contributed by atoms with E-state index >= 15 is 0 Å². The quantitative estimate of drug-likeness (QED) is 0.725. The first-order valence-electron chi connectivity index (χ1n) is 6.21. The highest BCUT2D eigenvalue weighted by Gasteiger charge is 2.08. The molecule has 2 aromatic carbocycles. The van der Waals surface area contributed by atoms with Gasteiger partial charge in [-0.3, -0.25) is 15.6 Å². The maximum Gasteiger partial charge on any atom is 0.269 e. The van der Waals surface area contributed by atoms with Crippen molar-refractivity contribution in [2.24, 2.45) is 0 Å². The molecule has 3 rings (SSSR count). The van der Waals surface area contributed by atoms with Crippen LogP contribution in [0.3, 0.4) is 0 Å². The number of rotatable bonds is 3. The fourth-order valence-electron chi connectivity index (χ4n) is 1.93. The number of carbonyl (C=O) groups excluding carboxylic acids is 1. The van der Waals surface area contributed by atoms with Crippen LogP contribution in [-0.2, 0) is 0 Å². The molecule has 1 aromatic heterocycles. The number of nitrogens with one attached hydrogen (secondary N) is 2. The Bertz CT molecular complexity index is 733. The summed E-state index contributed by atoms with van der Waals surface area (Å²) in [6, 6.07) is 15.3. The Morgan fingerprint density at radius 1 is 1.10 bits per heavy atom. The molecule has 1 heterocycles. The van der Waals surface area contributed by atoms with Gasteiger partial charge in [0.25, 0.3) is 5.91 Å². The number of amides is 1. The number of benzene rings is 2. The summed E-state index contributed by atoms with van der Waals surface area (Å²) in [4.78, 5) is 16.5. The van der Waals surface area contributed by atoms with Gasteiger partial charge in [-0.05, 0) is 30.7 Å². The molecular weight excluding hydrogens is 270 g/mol. The molecule has 20 heavy (non-hydrogen) atoms. The third kappa shape index (κ3) is 2.48. The number of para-hydroxylation sites is 1. The van der Waals surface area contributed by atoms with E-state index in [1.165, 1.54) is 11.3 Å². The monoisotopic (exact) mass is 283 g/mol.